The van der Waals surface area contributed by atoms with Crippen molar-refractivity contribution < 1.29 is 49.2 Å². The summed E-state index contributed by atoms with van der Waals surface area (Å²) >= 11 is 0. The number of aliphatic carboxylic acids is 2. The number of nitrogens with one attached hydrogen (secondary N) is 5. The molecular weight excluding hydrogens is 628 g/mol. The van der Waals surface area contributed by atoms with Crippen LogP contribution in [0, 0.1) is 0 Å². The minimum absolute atomic E-state index is 0.0313. The van der Waals surface area contributed by atoms with Gasteiger partial charge in [-0.1, -0.05) is 30.3 Å². The van der Waals surface area contributed by atoms with Crippen molar-refractivity contribution in [3.8, 4) is 5.75 Å². The average Bonchev–Trinajstić information content (AvgIpc) is 3.44. The van der Waals surface area contributed by atoms with Gasteiger partial charge in [0.05, 0.1) is 12.1 Å². The monoisotopic (exact) mass is 668 g/mol. The summed E-state index contributed by atoms with van der Waals surface area (Å²) < 4.78 is 0. The first kappa shape index (κ1) is 37.0. The normalized spacial score (nSPS) is 14.8. The van der Waals surface area contributed by atoms with Gasteiger partial charge in [-0.3, -0.25) is 24.0 Å². The fraction of sp³-hybridized carbons (Fsp3) is 0.375. The molecule has 48 heavy (non-hydrogen) atoms. The number of rotatable bonds is 17. The van der Waals surface area contributed by atoms with Gasteiger partial charge in [0, 0.05) is 36.4 Å². The summed E-state index contributed by atoms with van der Waals surface area (Å²) in [5.74, 6) is -5.99. The van der Waals surface area contributed by atoms with Gasteiger partial charge in [0.2, 0.25) is 23.6 Å². The lowest BCUT2D eigenvalue weighted by Crippen LogP contribution is -2.59. The van der Waals surface area contributed by atoms with E-state index in [2.05, 4.69) is 26.3 Å². The summed E-state index contributed by atoms with van der Waals surface area (Å²) in [5, 5.41) is 48.2. The van der Waals surface area contributed by atoms with E-state index in [0.717, 1.165) is 10.9 Å². The van der Waals surface area contributed by atoms with Crippen LogP contribution in [-0.2, 0) is 41.6 Å². The first-order valence-electron chi connectivity index (χ1n) is 15.1. The summed E-state index contributed by atoms with van der Waals surface area (Å²) in [6, 6.07) is 6.25. The number of aliphatic hydroxyl groups excluding tert-OH is 1. The third-order valence-corrected chi connectivity index (χ3v) is 7.55. The molecule has 16 heteroatoms. The quantitative estimate of drug-likeness (QED) is 0.0857. The summed E-state index contributed by atoms with van der Waals surface area (Å²) in [7, 11) is 0. The number of fused-ring (bicyclic) bond motifs is 1. The van der Waals surface area contributed by atoms with Gasteiger partial charge >= 0.3 is 11.9 Å². The number of carboxylic acids is 2. The van der Waals surface area contributed by atoms with Crippen LogP contribution in [0.2, 0.25) is 0 Å². The van der Waals surface area contributed by atoms with Crippen LogP contribution in [0.25, 0.3) is 10.9 Å². The number of phenolic OH excluding ortho intramolecular Hbond substituents is 1. The molecule has 0 aliphatic rings. The number of aromatic hydroxyl groups is 1. The Morgan fingerprint density at radius 3 is 2.02 bits per heavy atom. The highest BCUT2D eigenvalue weighted by atomic mass is 16.4. The SMILES string of the molecule is C[C@H](NC(=O)[C@H](Cc1c[nH]c2ccccc12)NC(=O)[C@H](Cc1ccc(O)cc1)NC(=O)[C@@H](N)CCC(=O)O)C(=O)N[C@H](C(=O)O)[C@@H](C)O. The number of carbonyl (C=O) groups excluding carboxylic acids is 4. The zero-order valence-electron chi connectivity index (χ0n) is 26.3. The molecule has 0 saturated heterocycles. The predicted molar refractivity (Wildman–Crippen MR) is 171 cm³/mol. The molecule has 6 atom stereocenters. The first-order chi connectivity index (χ1) is 22.7. The fourth-order valence-corrected chi connectivity index (χ4v) is 4.81. The van der Waals surface area contributed by atoms with E-state index in [-0.39, 0.29) is 31.4 Å². The number of para-hydroxylation sites is 1. The third kappa shape index (κ3) is 10.5. The number of nitrogens with two attached hydrogens (primary N) is 1. The van der Waals surface area contributed by atoms with Crippen LogP contribution >= 0.6 is 0 Å². The number of aliphatic hydroxyl groups is 1. The van der Waals surface area contributed by atoms with Crippen molar-refractivity contribution in [1.29, 1.82) is 0 Å². The number of aromatic amines is 1. The van der Waals surface area contributed by atoms with Gasteiger partial charge in [0.15, 0.2) is 6.04 Å². The molecule has 16 nitrogen and oxygen atoms in total. The van der Waals surface area contributed by atoms with E-state index in [1.54, 1.807) is 12.3 Å². The van der Waals surface area contributed by atoms with E-state index in [4.69, 9.17) is 10.8 Å². The molecule has 258 valence electrons. The van der Waals surface area contributed by atoms with Gasteiger partial charge in [-0.2, -0.15) is 0 Å². The van der Waals surface area contributed by atoms with Crippen molar-refractivity contribution in [3.05, 3.63) is 65.9 Å². The minimum Gasteiger partial charge on any atom is -0.508 e. The Bertz CT molecular complexity index is 1620. The molecule has 0 saturated carbocycles. The Hall–Kier alpha value is -5.48. The number of hydrogen-bond donors (Lipinski definition) is 10. The number of amides is 4. The maximum absolute atomic E-state index is 13.8. The molecular formula is C32H40N6O10. The van der Waals surface area contributed by atoms with Crippen molar-refractivity contribution in [2.45, 2.75) is 75.8 Å². The number of benzene rings is 2. The molecule has 0 radical (unpaired) electrons. The maximum Gasteiger partial charge on any atom is 0.328 e. The molecule has 2 aromatic carbocycles. The Morgan fingerprint density at radius 1 is 0.792 bits per heavy atom. The number of phenols is 1. The Kier molecular flexibility index (Phi) is 13.0. The highest BCUT2D eigenvalue weighted by Crippen LogP contribution is 2.20. The van der Waals surface area contributed by atoms with Crippen LogP contribution in [-0.4, -0.2) is 97.3 Å². The van der Waals surface area contributed by atoms with Crippen LogP contribution in [0.1, 0.15) is 37.8 Å². The molecule has 0 bridgehead atoms. The van der Waals surface area contributed by atoms with Gasteiger partial charge in [-0.05, 0) is 49.6 Å². The van der Waals surface area contributed by atoms with E-state index < -0.39 is 71.9 Å². The van der Waals surface area contributed by atoms with Gasteiger partial charge in [0.1, 0.15) is 23.9 Å². The minimum atomic E-state index is -1.63. The van der Waals surface area contributed by atoms with Gasteiger partial charge in [-0.15, -0.1) is 0 Å². The van der Waals surface area contributed by atoms with Crippen molar-refractivity contribution >= 4 is 46.5 Å². The van der Waals surface area contributed by atoms with Crippen LogP contribution in [0.3, 0.4) is 0 Å². The Morgan fingerprint density at radius 2 is 1.40 bits per heavy atom. The number of aromatic nitrogens is 1. The second-order valence-corrected chi connectivity index (χ2v) is 11.4. The van der Waals surface area contributed by atoms with E-state index in [1.807, 2.05) is 18.2 Å². The molecule has 0 unspecified atom stereocenters. The van der Waals surface area contributed by atoms with Gasteiger partial charge in [0.25, 0.3) is 0 Å². The highest BCUT2D eigenvalue weighted by molar-refractivity contribution is 5.96. The van der Waals surface area contributed by atoms with Crippen molar-refractivity contribution in [2.24, 2.45) is 5.73 Å². The largest absolute Gasteiger partial charge is 0.508 e. The number of carbonyl (C=O) groups is 6. The second-order valence-electron chi connectivity index (χ2n) is 11.4. The van der Waals surface area contributed by atoms with Crippen molar-refractivity contribution in [3.63, 3.8) is 0 Å². The van der Waals surface area contributed by atoms with E-state index >= 15 is 0 Å². The Balaban J connectivity index is 1.88. The molecule has 0 aliphatic carbocycles. The topological polar surface area (TPSA) is 273 Å². The van der Waals surface area contributed by atoms with E-state index in [1.165, 1.54) is 38.1 Å². The molecule has 1 aromatic heterocycles. The predicted octanol–water partition coefficient (Wildman–Crippen LogP) is -0.725. The molecule has 3 aromatic rings. The number of H-pyrrole nitrogens is 1. The van der Waals surface area contributed by atoms with E-state index in [9.17, 15) is 44.1 Å². The summed E-state index contributed by atoms with van der Waals surface area (Å²) in [4.78, 5) is 78.6. The molecule has 0 aliphatic heterocycles. The van der Waals surface area contributed by atoms with Crippen LogP contribution < -0.4 is 27.0 Å². The smallest absolute Gasteiger partial charge is 0.328 e. The second kappa shape index (κ2) is 16.9. The maximum atomic E-state index is 13.8. The molecule has 3 rings (SSSR count). The lowest BCUT2D eigenvalue weighted by atomic mass is 10.0. The fourth-order valence-electron chi connectivity index (χ4n) is 4.81. The zero-order chi connectivity index (χ0) is 35.5. The first-order valence-corrected chi connectivity index (χ1v) is 15.1. The number of carboxylic acid groups (broad SMARTS) is 2. The lowest BCUT2D eigenvalue weighted by Gasteiger charge is -2.26. The standard InChI is InChI=1S/C32H40N6O10/c1-16(28(43)38-27(17(2)39)32(47)48)35-30(45)25(14-19-15-34-23-6-4-3-5-21(19)23)37-31(46)24(13-18-7-9-20(40)10-8-18)36-29(44)22(33)11-12-26(41)42/h3-10,15-17,22,24-25,27,34,39-40H,11-14,33H2,1-2H3,(H,35,45)(H,36,44)(H,37,46)(H,38,43)(H,41,42)(H,47,48)/t16-,17+,22-,24-,25-,27-/m0/s1. The van der Waals surface area contributed by atoms with Crippen molar-refractivity contribution in [1.82, 2.24) is 26.3 Å². The summed E-state index contributed by atoms with van der Waals surface area (Å²) in [6.07, 6.45) is -0.519. The molecule has 11 N–H and O–H groups in total. The highest BCUT2D eigenvalue weighted by Gasteiger charge is 2.32. The molecule has 0 spiro atoms. The van der Waals surface area contributed by atoms with Crippen molar-refractivity contribution in [2.75, 3.05) is 0 Å². The van der Waals surface area contributed by atoms with Crippen LogP contribution in [0.4, 0.5) is 0 Å². The Labute approximate surface area is 275 Å². The number of hydrogen-bond acceptors (Lipinski definition) is 9. The zero-order valence-corrected chi connectivity index (χ0v) is 26.3. The summed E-state index contributed by atoms with van der Waals surface area (Å²) in [6.45, 7) is 2.48. The average molecular weight is 669 g/mol. The summed E-state index contributed by atoms with van der Waals surface area (Å²) in [5.41, 5.74) is 7.80. The van der Waals surface area contributed by atoms with Gasteiger partial charge < -0.3 is 52.4 Å². The van der Waals surface area contributed by atoms with Crippen LogP contribution in [0.15, 0.2) is 54.7 Å². The third-order valence-electron chi connectivity index (χ3n) is 7.55. The molecule has 1 heterocycles. The molecule has 4 amide bonds. The van der Waals surface area contributed by atoms with E-state index in [0.29, 0.717) is 11.1 Å². The lowest BCUT2D eigenvalue weighted by molar-refractivity contribution is -0.145. The van der Waals surface area contributed by atoms with Gasteiger partial charge in [-0.25, -0.2) is 4.79 Å². The molecule has 0 fully saturated rings. The van der Waals surface area contributed by atoms with Crippen LogP contribution in [0.5, 0.6) is 5.75 Å².